The molecule has 0 saturated carbocycles. The molecule has 1 unspecified atom stereocenters. The maximum absolute atomic E-state index is 6.37. The molecule has 0 fully saturated rings. The topological polar surface area (TPSA) is 42.5 Å². The van der Waals surface area contributed by atoms with Crippen LogP contribution >= 0.6 is 0 Å². The van der Waals surface area contributed by atoms with E-state index in [4.69, 9.17) is 8.85 Å². The SMILES string of the molecule is CO[Si](C)(Oc1ccc(Nc2ccccc2)cc1)c1ccc(Nc2ccccc2)cc1. The van der Waals surface area contributed by atoms with Crippen molar-refractivity contribution in [3.05, 3.63) is 109 Å². The highest BCUT2D eigenvalue weighted by molar-refractivity contribution is 6.80. The molecule has 0 bridgehead atoms. The molecular formula is C26H26N2O2Si. The van der Waals surface area contributed by atoms with Gasteiger partial charge in [0.2, 0.25) is 0 Å². The van der Waals surface area contributed by atoms with Gasteiger partial charge < -0.3 is 19.5 Å². The lowest BCUT2D eigenvalue weighted by Crippen LogP contribution is -2.53. The van der Waals surface area contributed by atoms with Crippen molar-refractivity contribution in [2.24, 2.45) is 0 Å². The highest BCUT2D eigenvalue weighted by Crippen LogP contribution is 2.23. The average Bonchev–Trinajstić information content (AvgIpc) is 2.82. The molecular weight excluding hydrogens is 400 g/mol. The van der Waals surface area contributed by atoms with Crippen molar-refractivity contribution in [2.75, 3.05) is 17.7 Å². The van der Waals surface area contributed by atoms with Gasteiger partial charge in [0.05, 0.1) is 0 Å². The van der Waals surface area contributed by atoms with E-state index < -0.39 is 8.56 Å². The first-order valence-electron chi connectivity index (χ1n) is 10.2. The number of benzene rings is 4. The fraction of sp³-hybridized carbons (Fsp3) is 0.0769. The molecule has 156 valence electrons. The Morgan fingerprint density at radius 1 is 0.548 bits per heavy atom. The fourth-order valence-electron chi connectivity index (χ4n) is 3.28. The number of anilines is 4. The van der Waals surface area contributed by atoms with Gasteiger partial charge in [0.1, 0.15) is 5.75 Å². The van der Waals surface area contributed by atoms with Crippen molar-refractivity contribution in [2.45, 2.75) is 6.55 Å². The van der Waals surface area contributed by atoms with Crippen LogP contribution in [0.15, 0.2) is 109 Å². The molecule has 0 spiro atoms. The monoisotopic (exact) mass is 426 g/mol. The van der Waals surface area contributed by atoms with E-state index >= 15 is 0 Å². The van der Waals surface area contributed by atoms with Crippen LogP contribution in [-0.2, 0) is 4.43 Å². The summed E-state index contributed by atoms with van der Waals surface area (Å²) in [6.07, 6.45) is 0. The number of para-hydroxylation sites is 2. The zero-order valence-electron chi connectivity index (χ0n) is 17.7. The van der Waals surface area contributed by atoms with E-state index in [-0.39, 0.29) is 0 Å². The minimum absolute atomic E-state index is 0.793. The second-order valence-electron chi connectivity index (χ2n) is 7.34. The van der Waals surface area contributed by atoms with E-state index in [0.717, 1.165) is 33.7 Å². The predicted molar refractivity (Wildman–Crippen MR) is 131 cm³/mol. The average molecular weight is 427 g/mol. The summed E-state index contributed by atoms with van der Waals surface area (Å²) in [4.78, 5) is 0. The zero-order valence-corrected chi connectivity index (χ0v) is 18.7. The third kappa shape index (κ3) is 5.34. The summed E-state index contributed by atoms with van der Waals surface area (Å²) in [7, 11) is -0.879. The lowest BCUT2D eigenvalue weighted by Gasteiger charge is -2.26. The summed E-state index contributed by atoms with van der Waals surface area (Å²) in [5.74, 6) is 0.793. The van der Waals surface area contributed by atoms with Gasteiger partial charge in [0, 0.05) is 35.0 Å². The first-order valence-corrected chi connectivity index (χ1v) is 12.6. The fourth-order valence-corrected chi connectivity index (χ4v) is 5.08. The van der Waals surface area contributed by atoms with E-state index in [1.54, 1.807) is 7.11 Å². The summed E-state index contributed by atoms with van der Waals surface area (Å²) >= 11 is 0. The van der Waals surface area contributed by atoms with Crippen molar-refractivity contribution in [3.63, 3.8) is 0 Å². The smallest absolute Gasteiger partial charge is 0.430 e. The first kappa shape index (κ1) is 20.7. The zero-order chi connectivity index (χ0) is 21.5. The Labute approximate surface area is 184 Å². The molecule has 0 saturated heterocycles. The second kappa shape index (κ2) is 9.51. The highest BCUT2D eigenvalue weighted by Gasteiger charge is 2.35. The minimum Gasteiger partial charge on any atom is -0.517 e. The molecule has 0 amide bonds. The van der Waals surface area contributed by atoms with Crippen LogP contribution in [0.3, 0.4) is 0 Å². The van der Waals surface area contributed by atoms with Crippen molar-refractivity contribution in [1.29, 1.82) is 0 Å². The molecule has 4 rings (SSSR count). The standard InChI is InChI=1S/C26H26N2O2Si/c1-29-31(2,26-19-15-24(16-20-26)28-22-11-7-4-8-12-22)30-25-17-13-23(14-18-25)27-21-9-5-3-6-10-21/h3-20,27-28H,1-2H3. The third-order valence-electron chi connectivity index (χ3n) is 5.09. The second-order valence-corrected chi connectivity index (χ2v) is 10.4. The molecule has 0 aliphatic rings. The Balaban J connectivity index is 1.44. The Kier molecular flexibility index (Phi) is 6.36. The Morgan fingerprint density at radius 2 is 0.968 bits per heavy atom. The lowest BCUT2D eigenvalue weighted by molar-refractivity contribution is 0.321. The molecule has 0 aliphatic carbocycles. The van der Waals surface area contributed by atoms with Gasteiger partial charge in [0.25, 0.3) is 0 Å². The molecule has 0 heterocycles. The van der Waals surface area contributed by atoms with Gasteiger partial charge in [-0.25, -0.2) is 0 Å². The molecule has 4 aromatic rings. The molecule has 0 aliphatic heterocycles. The summed E-state index contributed by atoms with van der Waals surface area (Å²) in [6, 6.07) is 36.5. The predicted octanol–water partition coefficient (Wildman–Crippen LogP) is 6.18. The summed E-state index contributed by atoms with van der Waals surface area (Å²) < 4.78 is 12.3. The van der Waals surface area contributed by atoms with Gasteiger partial charge in [-0.05, 0) is 67.2 Å². The number of rotatable bonds is 8. The number of hydrogen-bond acceptors (Lipinski definition) is 4. The van der Waals surface area contributed by atoms with Gasteiger partial charge in [0.15, 0.2) is 0 Å². The van der Waals surface area contributed by atoms with Gasteiger partial charge in [-0.2, -0.15) is 0 Å². The molecule has 4 nitrogen and oxygen atoms in total. The Bertz CT molecular complexity index is 1090. The highest BCUT2D eigenvalue weighted by atomic mass is 28.4. The summed E-state index contributed by atoms with van der Waals surface area (Å²) in [5, 5.41) is 7.86. The van der Waals surface area contributed by atoms with Crippen LogP contribution in [0, 0.1) is 0 Å². The Morgan fingerprint density at radius 3 is 1.42 bits per heavy atom. The molecule has 2 N–H and O–H groups in total. The van der Waals surface area contributed by atoms with Crippen LogP contribution in [0.1, 0.15) is 0 Å². The van der Waals surface area contributed by atoms with Crippen molar-refractivity contribution in [3.8, 4) is 5.75 Å². The van der Waals surface area contributed by atoms with E-state index in [0.29, 0.717) is 0 Å². The van der Waals surface area contributed by atoms with Gasteiger partial charge >= 0.3 is 8.56 Å². The summed E-state index contributed by atoms with van der Waals surface area (Å²) in [6.45, 7) is 2.06. The number of hydrogen-bond donors (Lipinski definition) is 2. The van der Waals surface area contributed by atoms with Gasteiger partial charge in [-0.3, -0.25) is 0 Å². The molecule has 0 aromatic heterocycles. The van der Waals surface area contributed by atoms with Crippen molar-refractivity contribution >= 4 is 36.5 Å². The maximum Gasteiger partial charge on any atom is 0.430 e. The molecule has 4 aromatic carbocycles. The quantitative estimate of drug-likeness (QED) is 0.330. The van der Waals surface area contributed by atoms with E-state index in [2.05, 4.69) is 41.4 Å². The normalized spacial score (nSPS) is 12.6. The van der Waals surface area contributed by atoms with Gasteiger partial charge in [-0.15, -0.1) is 0 Å². The maximum atomic E-state index is 6.37. The van der Waals surface area contributed by atoms with Crippen molar-refractivity contribution < 1.29 is 8.85 Å². The van der Waals surface area contributed by atoms with Crippen LogP contribution in [0.25, 0.3) is 0 Å². The lowest BCUT2D eigenvalue weighted by atomic mass is 10.2. The van der Waals surface area contributed by atoms with Crippen LogP contribution < -0.4 is 20.2 Å². The third-order valence-corrected chi connectivity index (χ3v) is 7.88. The molecule has 31 heavy (non-hydrogen) atoms. The Hall–Kier alpha value is -3.54. The largest absolute Gasteiger partial charge is 0.517 e. The van der Waals surface area contributed by atoms with Gasteiger partial charge in [-0.1, -0.05) is 48.5 Å². The first-order chi connectivity index (χ1) is 15.1. The minimum atomic E-state index is -2.59. The van der Waals surface area contributed by atoms with Crippen LogP contribution in [0.4, 0.5) is 22.7 Å². The molecule has 0 radical (unpaired) electrons. The van der Waals surface area contributed by atoms with E-state index in [1.807, 2.05) is 84.9 Å². The van der Waals surface area contributed by atoms with E-state index in [9.17, 15) is 0 Å². The van der Waals surface area contributed by atoms with Crippen molar-refractivity contribution in [1.82, 2.24) is 0 Å². The van der Waals surface area contributed by atoms with Crippen LogP contribution in [0.2, 0.25) is 6.55 Å². The van der Waals surface area contributed by atoms with Crippen LogP contribution in [0.5, 0.6) is 5.75 Å². The van der Waals surface area contributed by atoms with Crippen LogP contribution in [-0.4, -0.2) is 15.7 Å². The molecule has 1 atom stereocenters. The summed E-state index contributed by atoms with van der Waals surface area (Å²) in [5.41, 5.74) is 4.15. The molecule has 5 heteroatoms. The number of nitrogens with one attached hydrogen (secondary N) is 2. The van der Waals surface area contributed by atoms with E-state index in [1.165, 1.54) is 0 Å².